The van der Waals surface area contributed by atoms with Crippen molar-refractivity contribution in [2.24, 2.45) is 0 Å². The molecule has 0 atom stereocenters. The van der Waals surface area contributed by atoms with E-state index in [-0.39, 0.29) is 22.4 Å². The number of nitrogens with two attached hydrogens (primary N) is 1. The first-order valence-corrected chi connectivity index (χ1v) is 10.3. The molecule has 0 spiro atoms. The molecule has 0 bridgehead atoms. The molecule has 1 amide bonds. The molecule has 13 heteroatoms. The van der Waals surface area contributed by atoms with Gasteiger partial charge in [0, 0.05) is 11.3 Å². The van der Waals surface area contributed by atoms with Crippen LogP contribution in [0.4, 0.5) is 18.9 Å². The quantitative estimate of drug-likeness (QED) is 0.370. The summed E-state index contributed by atoms with van der Waals surface area (Å²) in [6.07, 6.45) is -4.51. The molecule has 3 aromatic rings. The molecule has 0 radical (unpaired) electrons. The highest BCUT2D eigenvalue weighted by atomic mass is 32.2. The Bertz CT molecular complexity index is 1130. The highest BCUT2D eigenvalue weighted by Crippen LogP contribution is 2.41. The van der Waals surface area contributed by atoms with Crippen LogP contribution in [0.5, 0.6) is 17.2 Å². The summed E-state index contributed by atoms with van der Waals surface area (Å²) in [6.45, 7) is 0. The number of nitrogens with zero attached hydrogens (tertiary/aromatic N) is 3. The zero-order valence-corrected chi connectivity index (χ0v) is 18.6. The summed E-state index contributed by atoms with van der Waals surface area (Å²) in [5.41, 5.74) is -0.299. The number of carbonyl (C=O) groups is 1. The van der Waals surface area contributed by atoms with Crippen LogP contribution in [0.25, 0.3) is 11.4 Å². The number of nitrogens with one attached hydrogen (secondary N) is 1. The van der Waals surface area contributed by atoms with Crippen molar-refractivity contribution in [3.8, 4) is 28.6 Å². The molecular formula is C20H20F3N5O4S. The zero-order valence-electron chi connectivity index (χ0n) is 17.8. The van der Waals surface area contributed by atoms with Crippen molar-refractivity contribution >= 4 is 23.4 Å². The minimum Gasteiger partial charge on any atom is -0.493 e. The molecule has 0 aliphatic heterocycles. The molecule has 3 N–H and O–H groups in total. The number of nitrogen functional groups attached to an aromatic ring is 1. The Morgan fingerprint density at radius 2 is 1.76 bits per heavy atom. The average molecular weight is 483 g/mol. The van der Waals surface area contributed by atoms with E-state index in [1.807, 2.05) is 0 Å². The number of hydrogen-bond donors (Lipinski definition) is 2. The molecule has 0 unspecified atom stereocenters. The van der Waals surface area contributed by atoms with Crippen LogP contribution in [0.2, 0.25) is 0 Å². The van der Waals surface area contributed by atoms with Crippen LogP contribution in [0.15, 0.2) is 41.6 Å². The molecule has 0 saturated carbocycles. The molecule has 1 aromatic heterocycles. The van der Waals surface area contributed by atoms with Crippen LogP contribution in [-0.4, -0.2) is 47.9 Å². The van der Waals surface area contributed by atoms with Gasteiger partial charge in [-0.1, -0.05) is 17.8 Å². The van der Waals surface area contributed by atoms with Gasteiger partial charge in [0.05, 0.1) is 32.6 Å². The largest absolute Gasteiger partial charge is 0.493 e. The number of aromatic nitrogens is 3. The highest BCUT2D eigenvalue weighted by Gasteiger charge is 2.30. The number of methoxy groups -OCH3 is 3. The third-order valence-corrected chi connectivity index (χ3v) is 5.34. The van der Waals surface area contributed by atoms with Crippen LogP contribution < -0.4 is 25.4 Å². The molecule has 0 fully saturated rings. The van der Waals surface area contributed by atoms with Crippen LogP contribution in [0.1, 0.15) is 5.56 Å². The van der Waals surface area contributed by atoms with E-state index in [1.54, 1.807) is 12.1 Å². The number of halogens is 3. The molecule has 1 heterocycles. The van der Waals surface area contributed by atoms with Gasteiger partial charge in [-0.05, 0) is 30.3 Å². The fourth-order valence-corrected chi connectivity index (χ4v) is 3.54. The maximum absolute atomic E-state index is 12.8. The summed E-state index contributed by atoms with van der Waals surface area (Å²) < 4.78 is 55.6. The molecule has 33 heavy (non-hydrogen) atoms. The second-order valence-electron chi connectivity index (χ2n) is 6.51. The normalized spacial score (nSPS) is 11.2. The van der Waals surface area contributed by atoms with Gasteiger partial charge in [-0.3, -0.25) is 4.79 Å². The summed E-state index contributed by atoms with van der Waals surface area (Å²) in [5, 5.41) is 10.7. The van der Waals surface area contributed by atoms with E-state index in [0.717, 1.165) is 23.9 Å². The number of hydrogen-bond acceptors (Lipinski definition) is 8. The standard InChI is InChI=1S/C20H20F3N5O4S/c1-30-14-7-11(8-15(31-2)17(14)32-3)18-26-27-19(28(18)24)33-10-16(29)25-13-6-4-5-12(9-13)20(21,22)23/h4-9H,10,24H2,1-3H3,(H,25,29). The number of ether oxygens (including phenoxy) is 3. The maximum Gasteiger partial charge on any atom is 0.416 e. The van der Waals surface area contributed by atoms with Crippen molar-refractivity contribution in [2.75, 3.05) is 38.2 Å². The third-order valence-electron chi connectivity index (χ3n) is 4.39. The van der Waals surface area contributed by atoms with Gasteiger partial charge in [0.25, 0.3) is 0 Å². The van der Waals surface area contributed by atoms with Crippen molar-refractivity contribution in [1.29, 1.82) is 0 Å². The van der Waals surface area contributed by atoms with Crippen molar-refractivity contribution in [3.05, 3.63) is 42.0 Å². The number of alkyl halides is 3. The van der Waals surface area contributed by atoms with Crippen LogP contribution in [-0.2, 0) is 11.0 Å². The van der Waals surface area contributed by atoms with E-state index >= 15 is 0 Å². The number of benzene rings is 2. The molecule has 3 rings (SSSR count). The van der Waals surface area contributed by atoms with Gasteiger partial charge in [0.15, 0.2) is 17.3 Å². The lowest BCUT2D eigenvalue weighted by atomic mass is 10.1. The molecular weight excluding hydrogens is 463 g/mol. The van der Waals surface area contributed by atoms with E-state index in [2.05, 4.69) is 15.5 Å². The van der Waals surface area contributed by atoms with Gasteiger partial charge in [-0.15, -0.1) is 10.2 Å². The summed E-state index contributed by atoms with van der Waals surface area (Å²) in [4.78, 5) is 12.2. The van der Waals surface area contributed by atoms with Gasteiger partial charge in [-0.25, -0.2) is 4.68 Å². The monoisotopic (exact) mass is 483 g/mol. The minimum absolute atomic E-state index is 0.0303. The second kappa shape index (κ2) is 9.90. The Morgan fingerprint density at radius 1 is 1.09 bits per heavy atom. The first-order valence-electron chi connectivity index (χ1n) is 9.28. The maximum atomic E-state index is 12.8. The van der Waals surface area contributed by atoms with Crippen LogP contribution in [0, 0.1) is 0 Å². The van der Waals surface area contributed by atoms with Gasteiger partial charge >= 0.3 is 6.18 Å². The van der Waals surface area contributed by atoms with Gasteiger partial charge in [0.1, 0.15) is 0 Å². The van der Waals surface area contributed by atoms with Crippen molar-refractivity contribution in [1.82, 2.24) is 14.9 Å². The summed E-state index contributed by atoms with van der Waals surface area (Å²) in [6, 6.07) is 7.65. The Balaban J connectivity index is 1.73. The average Bonchev–Trinajstić information content (AvgIpc) is 3.16. The van der Waals surface area contributed by atoms with E-state index in [1.165, 1.54) is 38.1 Å². The Kier molecular flexibility index (Phi) is 7.21. The molecule has 0 saturated heterocycles. The van der Waals surface area contributed by atoms with E-state index in [0.29, 0.717) is 22.8 Å². The molecule has 2 aromatic carbocycles. The first kappa shape index (κ1) is 24.0. The van der Waals surface area contributed by atoms with E-state index in [9.17, 15) is 18.0 Å². The summed E-state index contributed by atoms with van der Waals surface area (Å²) in [7, 11) is 4.42. The Labute approximate surface area is 191 Å². The summed E-state index contributed by atoms with van der Waals surface area (Å²) >= 11 is 0.970. The van der Waals surface area contributed by atoms with Crippen LogP contribution >= 0.6 is 11.8 Å². The molecule has 0 aliphatic carbocycles. The van der Waals surface area contributed by atoms with Gasteiger partial charge in [0.2, 0.25) is 16.8 Å². The van der Waals surface area contributed by atoms with E-state index in [4.69, 9.17) is 20.1 Å². The predicted octanol–water partition coefficient (Wildman–Crippen LogP) is 3.43. The summed E-state index contributed by atoms with van der Waals surface area (Å²) in [5.74, 6) is 6.87. The lowest BCUT2D eigenvalue weighted by Gasteiger charge is -2.13. The second-order valence-corrected chi connectivity index (χ2v) is 7.45. The number of thioether (sulfide) groups is 1. The third kappa shape index (κ3) is 5.42. The molecule has 9 nitrogen and oxygen atoms in total. The number of anilines is 1. The lowest BCUT2D eigenvalue weighted by molar-refractivity contribution is -0.137. The van der Waals surface area contributed by atoms with E-state index < -0.39 is 17.6 Å². The zero-order chi connectivity index (χ0) is 24.2. The van der Waals surface area contributed by atoms with Crippen molar-refractivity contribution in [2.45, 2.75) is 11.3 Å². The molecule has 0 aliphatic rings. The Morgan fingerprint density at radius 3 is 2.33 bits per heavy atom. The van der Waals surface area contributed by atoms with Crippen molar-refractivity contribution in [3.63, 3.8) is 0 Å². The first-order chi connectivity index (χ1) is 15.7. The fourth-order valence-electron chi connectivity index (χ4n) is 2.88. The van der Waals surface area contributed by atoms with Crippen LogP contribution in [0.3, 0.4) is 0 Å². The highest BCUT2D eigenvalue weighted by molar-refractivity contribution is 7.99. The number of rotatable bonds is 8. The SMILES string of the molecule is COc1cc(-c2nnc(SCC(=O)Nc3cccc(C(F)(F)F)c3)n2N)cc(OC)c1OC. The number of carbonyl (C=O) groups excluding carboxylic acids is 1. The Hall–Kier alpha value is -3.61. The number of amides is 1. The smallest absolute Gasteiger partial charge is 0.416 e. The fraction of sp³-hybridized carbons (Fsp3) is 0.250. The molecule has 176 valence electrons. The van der Waals surface area contributed by atoms with Gasteiger partial charge in [-0.2, -0.15) is 13.2 Å². The predicted molar refractivity (Wildman–Crippen MR) is 116 cm³/mol. The topological polar surface area (TPSA) is 114 Å². The van der Waals surface area contributed by atoms with Gasteiger partial charge < -0.3 is 25.4 Å². The minimum atomic E-state index is -4.51. The lowest BCUT2D eigenvalue weighted by Crippen LogP contribution is -2.17. The van der Waals surface area contributed by atoms with Crippen molar-refractivity contribution < 1.29 is 32.2 Å².